The number of rotatable bonds is 5. The van der Waals surface area contributed by atoms with Crippen molar-refractivity contribution in [1.29, 1.82) is 0 Å². The molecule has 2 N–H and O–H groups in total. The van der Waals surface area contributed by atoms with Crippen LogP contribution in [0.5, 0.6) is 0 Å². The molecule has 0 aromatic heterocycles. The van der Waals surface area contributed by atoms with E-state index in [0.717, 1.165) is 0 Å². The van der Waals surface area contributed by atoms with Crippen molar-refractivity contribution in [2.24, 2.45) is 5.73 Å². The fourth-order valence-corrected chi connectivity index (χ4v) is 7.30. The molecule has 0 unspecified atom stereocenters. The van der Waals surface area contributed by atoms with E-state index in [1.165, 1.54) is 15.1 Å². The Labute approximate surface area is 94.7 Å². The first-order valence-corrected chi connectivity index (χ1v) is 9.08. The van der Waals surface area contributed by atoms with Crippen LogP contribution in [0.25, 0.3) is 0 Å². The van der Waals surface area contributed by atoms with Crippen molar-refractivity contribution in [2.45, 2.75) is 13.5 Å². The first-order chi connectivity index (χ1) is 6.38. The maximum atomic E-state index is 5.68. The molecule has 1 aromatic rings. The summed E-state index contributed by atoms with van der Waals surface area (Å²) in [5, 5.41) is 0. The molecule has 13 heavy (non-hydrogen) atoms. The van der Waals surface area contributed by atoms with E-state index in [-0.39, 0.29) is 21.1 Å². The second-order valence-corrected chi connectivity index (χ2v) is 8.97. The fraction of sp³-hybridized carbons (Fsp3) is 0.400. The zero-order valence-corrected chi connectivity index (χ0v) is 11.6. The van der Waals surface area contributed by atoms with Gasteiger partial charge in [0, 0.05) is 0 Å². The SMILES string of the molecule is CCS[CH2][Sn+2][c]1ccccc1CN. The van der Waals surface area contributed by atoms with Gasteiger partial charge in [0.15, 0.2) is 0 Å². The van der Waals surface area contributed by atoms with Crippen molar-refractivity contribution in [3.05, 3.63) is 29.8 Å². The molecule has 68 valence electrons. The van der Waals surface area contributed by atoms with Crippen LogP contribution in [0.4, 0.5) is 0 Å². The molecule has 0 aliphatic rings. The summed E-state index contributed by atoms with van der Waals surface area (Å²) in [5.74, 6) is 1.24. The van der Waals surface area contributed by atoms with Gasteiger partial charge in [0.2, 0.25) is 0 Å². The van der Waals surface area contributed by atoms with Crippen molar-refractivity contribution in [2.75, 3.05) is 9.52 Å². The molecule has 1 nitrogen and oxygen atoms in total. The Morgan fingerprint density at radius 1 is 1.38 bits per heavy atom. The minimum absolute atomic E-state index is 0.354. The van der Waals surface area contributed by atoms with Crippen molar-refractivity contribution in [1.82, 2.24) is 0 Å². The Morgan fingerprint density at radius 2 is 2.15 bits per heavy atom. The molecule has 0 saturated heterocycles. The van der Waals surface area contributed by atoms with Crippen molar-refractivity contribution in [3.8, 4) is 0 Å². The maximum absolute atomic E-state index is 5.68. The Kier molecular flexibility index (Phi) is 5.91. The van der Waals surface area contributed by atoms with Gasteiger partial charge in [-0.25, -0.2) is 0 Å². The molecule has 0 atom stereocenters. The zero-order chi connectivity index (χ0) is 9.52. The van der Waals surface area contributed by atoms with E-state index < -0.39 is 0 Å². The summed E-state index contributed by atoms with van der Waals surface area (Å²) >= 11 is 1.70. The van der Waals surface area contributed by atoms with Gasteiger partial charge in [-0.05, 0) is 0 Å². The van der Waals surface area contributed by atoms with Crippen LogP contribution in [-0.4, -0.2) is 30.7 Å². The predicted octanol–water partition coefficient (Wildman–Crippen LogP) is 1.19. The zero-order valence-electron chi connectivity index (χ0n) is 7.92. The molecule has 0 amide bonds. The summed E-state index contributed by atoms with van der Waals surface area (Å²) in [5.41, 5.74) is 7.04. The molecule has 1 aromatic carbocycles. The average molecular weight is 300 g/mol. The van der Waals surface area contributed by atoms with E-state index in [9.17, 15) is 0 Å². The molecule has 0 bridgehead atoms. The summed E-state index contributed by atoms with van der Waals surface area (Å²) in [7, 11) is 0. The summed E-state index contributed by atoms with van der Waals surface area (Å²) in [6.07, 6.45) is 0. The molecule has 1 rings (SSSR count). The van der Waals surface area contributed by atoms with E-state index in [4.69, 9.17) is 5.73 Å². The van der Waals surface area contributed by atoms with E-state index in [1.807, 2.05) is 0 Å². The van der Waals surface area contributed by atoms with Crippen LogP contribution in [0.2, 0.25) is 0 Å². The summed E-state index contributed by atoms with van der Waals surface area (Å²) in [6.45, 7) is 2.92. The molecule has 0 aliphatic carbocycles. The second-order valence-electron chi connectivity index (χ2n) is 2.68. The molecule has 0 heterocycles. The molecule has 0 radical (unpaired) electrons. The van der Waals surface area contributed by atoms with E-state index >= 15 is 0 Å². The Balaban J connectivity index is 2.54. The Bertz CT molecular complexity index is 252. The minimum atomic E-state index is -0.354. The standard InChI is InChI=1S/C7H8N.C3H7S.Sn/c8-6-7-4-2-1-3-5-7;1-3-4-2;/h1-4H,6,8H2;2-3H2,1H3;/q;;+2. The van der Waals surface area contributed by atoms with Crippen LogP contribution in [0, 0.1) is 0 Å². The van der Waals surface area contributed by atoms with Crippen molar-refractivity contribution < 1.29 is 0 Å². The molecule has 0 spiro atoms. The van der Waals surface area contributed by atoms with Gasteiger partial charge in [-0.1, -0.05) is 0 Å². The summed E-state index contributed by atoms with van der Waals surface area (Å²) < 4.78 is 2.95. The third-order valence-corrected chi connectivity index (χ3v) is 8.03. The van der Waals surface area contributed by atoms with E-state index in [0.29, 0.717) is 6.54 Å². The van der Waals surface area contributed by atoms with Crippen LogP contribution in [0.15, 0.2) is 24.3 Å². The molecule has 3 heteroatoms. The molecule has 0 fully saturated rings. The summed E-state index contributed by atoms with van der Waals surface area (Å²) in [4.78, 5) is 0. The monoisotopic (exact) mass is 301 g/mol. The fourth-order valence-electron chi connectivity index (χ4n) is 1.10. The van der Waals surface area contributed by atoms with Crippen molar-refractivity contribution in [3.63, 3.8) is 0 Å². The Hall–Kier alpha value is 0.329. The predicted molar refractivity (Wildman–Crippen MR) is 62.7 cm³/mol. The van der Waals surface area contributed by atoms with Gasteiger partial charge >= 0.3 is 95.0 Å². The van der Waals surface area contributed by atoms with E-state index in [2.05, 4.69) is 43.0 Å². The molecular formula is C10H15NSSn+2. The number of benzene rings is 1. The second kappa shape index (κ2) is 6.73. The van der Waals surface area contributed by atoms with Crippen LogP contribution >= 0.6 is 11.8 Å². The third kappa shape index (κ3) is 3.92. The van der Waals surface area contributed by atoms with Gasteiger partial charge < -0.3 is 0 Å². The number of hydrogen-bond acceptors (Lipinski definition) is 2. The van der Waals surface area contributed by atoms with Gasteiger partial charge in [0.05, 0.1) is 0 Å². The normalized spacial score (nSPS) is 9.69. The van der Waals surface area contributed by atoms with Crippen LogP contribution in [0.3, 0.4) is 0 Å². The van der Waals surface area contributed by atoms with Gasteiger partial charge in [0.25, 0.3) is 0 Å². The molecule has 0 saturated carbocycles. The van der Waals surface area contributed by atoms with Gasteiger partial charge in [0.1, 0.15) is 0 Å². The van der Waals surface area contributed by atoms with Gasteiger partial charge in [-0.15, -0.1) is 0 Å². The third-order valence-electron chi connectivity index (χ3n) is 1.81. The number of thioether (sulfide) groups is 1. The van der Waals surface area contributed by atoms with Gasteiger partial charge in [-0.3, -0.25) is 0 Å². The topological polar surface area (TPSA) is 26.0 Å². The van der Waals surface area contributed by atoms with Crippen LogP contribution in [0.1, 0.15) is 12.5 Å². The number of nitrogens with two attached hydrogens (primary N) is 1. The van der Waals surface area contributed by atoms with Crippen LogP contribution < -0.4 is 9.31 Å². The van der Waals surface area contributed by atoms with Crippen LogP contribution in [-0.2, 0) is 6.54 Å². The first-order valence-electron chi connectivity index (χ1n) is 4.48. The quantitative estimate of drug-likeness (QED) is 0.653. The summed E-state index contributed by atoms with van der Waals surface area (Å²) in [6, 6.07) is 8.63. The average Bonchev–Trinajstić information content (AvgIpc) is 2.19. The number of hydrogen-bond donors (Lipinski definition) is 1. The molecule has 0 aliphatic heterocycles. The Morgan fingerprint density at radius 3 is 2.85 bits per heavy atom. The van der Waals surface area contributed by atoms with Gasteiger partial charge in [-0.2, -0.15) is 0 Å². The molecular weight excluding hydrogens is 285 g/mol. The van der Waals surface area contributed by atoms with Crippen molar-refractivity contribution >= 4 is 36.5 Å². The first kappa shape index (κ1) is 11.4. The van der Waals surface area contributed by atoms with E-state index in [1.54, 1.807) is 3.58 Å².